The molecule has 0 unspecified atom stereocenters. The molecule has 0 aliphatic carbocycles. The van der Waals surface area contributed by atoms with E-state index in [2.05, 4.69) is 39.0 Å². The van der Waals surface area contributed by atoms with E-state index in [1.54, 1.807) is 0 Å². The van der Waals surface area contributed by atoms with Gasteiger partial charge in [0.25, 0.3) is 0 Å². The maximum Gasteiger partial charge on any atom is 1.00 e. The van der Waals surface area contributed by atoms with E-state index >= 15 is 0 Å². The van der Waals surface area contributed by atoms with Crippen LogP contribution in [0.5, 0.6) is 5.75 Å². The molecule has 0 radical (unpaired) electrons. The molecule has 3 aromatic rings. The van der Waals surface area contributed by atoms with Gasteiger partial charge in [0.1, 0.15) is 0 Å². The third-order valence-corrected chi connectivity index (χ3v) is 7.43. The molecule has 0 saturated carbocycles. The number of carbonyl (C=O) groups is 1. The minimum Gasteiger partial charge on any atom is 1.00 e. The largest absolute Gasteiger partial charge is 1.00 e. The van der Waals surface area contributed by atoms with Crippen molar-refractivity contribution in [1.29, 1.82) is 0 Å². The summed E-state index contributed by atoms with van der Waals surface area (Å²) in [4.78, 5) is 21.2. The number of carboxylic acid groups (broad SMARTS) is 1. The molecule has 0 bridgehead atoms. The smallest absolute Gasteiger partial charge is 1.00 e. The molecule has 0 amide bonds. The van der Waals surface area contributed by atoms with Gasteiger partial charge in [-0.05, 0) is 0 Å². The zero-order chi connectivity index (χ0) is 22.0. The van der Waals surface area contributed by atoms with Crippen molar-refractivity contribution < 1.29 is 44.2 Å². The fraction of sp³-hybridized carbons (Fsp3) is 0.292. The second-order valence-corrected chi connectivity index (χ2v) is 10.1. The summed E-state index contributed by atoms with van der Waals surface area (Å²) in [6.07, 6.45) is 1.94. The summed E-state index contributed by atoms with van der Waals surface area (Å²) in [7, 11) is 0. The number of hydrogen-bond acceptors (Lipinski definition) is 5. The van der Waals surface area contributed by atoms with Crippen LogP contribution >= 0.6 is 0 Å². The van der Waals surface area contributed by atoms with Crippen molar-refractivity contribution in [2.24, 2.45) is 5.92 Å². The van der Waals surface area contributed by atoms with Crippen molar-refractivity contribution in [2.75, 3.05) is 13.1 Å². The molecule has 1 saturated heterocycles. The molecule has 1 aliphatic heterocycles. The van der Waals surface area contributed by atoms with Crippen molar-refractivity contribution in [3.8, 4) is 25.9 Å². The summed E-state index contributed by atoms with van der Waals surface area (Å²) in [5.41, 5.74) is 3.78. The van der Waals surface area contributed by atoms with Gasteiger partial charge in [-0.15, -0.1) is 0 Å². The number of nitrogens with zero attached hydrogens (tertiary/aromatic N) is 3. The third-order valence-electron chi connectivity index (χ3n) is 5.13. The molecular weight excluding hydrogens is 480 g/mol. The number of aromatic nitrogens is 1. The Labute approximate surface area is 216 Å². The number of hydrogen-bond donors (Lipinski definition) is 0. The van der Waals surface area contributed by atoms with E-state index in [-0.39, 0.29) is 56.1 Å². The van der Waals surface area contributed by atoms with Crippen LogP contribution in [0.3, 0.4) is 0 Å². The number of aliphatic carboxylic acids is 1. The fourth-order valence-electron chi connectivity index (χ4n) is 3.51. The van der Waals surface area contributed by atoms with E-state index in [4.69, 9.17) is 11.3 Å². The van der Waals surface area contributed by atoms with E-state index in [1.165, 1.54) is 4.44 Å². The summed E-state index contributed by atoms with van der Waals surface area (Å²) < 4.78 is 7.91. The van der Waals surface area contributed by atoms with Crippen LogP contribution in [0.15, 0.2) is 48.7 Å². The van der Waals surface area contributed by atoms with Gasteiger partial charge in [-0.3, -0.25) is 0 Å². The van der Waals surface area contributed by atoms with Crippen molar-refractivity contribution >= 4 is 26.2 Å². The first-order valence-corrected chi connectivity index (χ1v) is 11.8. The Bertz CT molecular complexity index is 1130. The average Bonchev–Trinajstić information content (AvgIpc) is 3.20. The standard InChI is InChI=1S/C24H23N3O3Se.Na/c1-15(2)30-21-9-8-18(10-20(21)25-3)23-26-11-22(31-23)17-6-4-16(5-7-17)12-27-13-19(14-27)24(28)29;/h4-11,15,19H,12-14H2,1-2H3,(H,28,29);/q;+1/p-1. The second kappa shape index (κ2) is 10.8. The fourth-order valence-corrected chi connectivity index (χ4v) is 5.44. The minimum atomic E-state index is -0.955. The van der Waals surface area contributed by atoms with Gasteiger partial charge in [0, 0.05) is 0 Å². The first-order chi connectivity index (χ1) is 14.9. The Morgan fingerprint density at radius 2 is 1.94 bits per heavy atom. The van der Waals surface area contributed by atoms with Gasteiger partial charge in [0.2, 0.25) is 0 Å². The number of carbonyl (C=O) groups excluding carboxylic acids is 1. The van der Waals surface area contributed by atoms with E-state index in [0.717, 1.165) is 27.8 Å². The Kier molecular flexibility index (Phi) is 8.35. The average molecular weight is 502 g/mol. The Hall–Kier alpha value is -1.91. The van der Waals surface area contributed by atoms with Crippen LogP contribution < -0.4 is 39.4 Å². The van der Waals surface area contributed by atoms with Crippen molar-refractivity contribution in [3.63, 3.8) is 0 Å². The molecule has 4 rings (SSSR count). The Morgan fingerprint density at radius 3 is 2.56 bits per heavy atom. The molecule has 32 heavy (non-hydrogen) atoms. The van der Waals surface area contributed by atoms with Crippen molar-refractivity contribution in [2.45, 2.75) is 26.5 Å². The Balaban J connectivity index is 0.00000289. The van der Waals surface area contributed by atoms with E-state index in [9.17, 15) is 9.90 Å². The quantitative estimate of drug-likeness (QED) is 0.336. The van der Waals surface area contributed by atoms with Crippen LogP contribution in [-0.2, 0) is 11.3 Å². The molecule has 1 aromatic heterocycles. The normalized spacial score (nSPS) is 13.8. The zero-order valence-corrected chi connectivity index (χ0v) is 22.1. The number of benzene rings is 2. The topological polar surface area (TPSA) is 69.9 Å². The molecule has 158 valence electrons. The molecule has 0 spiro atoms. The van der Waals surface area contributed by atoms with Crippen LogP contribution in [0, 0.1) is 12.5 Å². The van der Waals surface area contributed by atoms with Gasteiger partial charge < -0.3 is 0 Å². The SMILES string of the molecule is [C-]#[N+]c1cc(-c2ncc(-c3ccc(CN4CC(C(=O)[O-])C4)cc3)[se]2)ccc1OC(C)C.[Na+]. The number of carboxylic acids is 1. The summed E-state index contributed by atoms with van der Waals surface area (Å²) in [5, 5.41) is 10.8. The summed E-state index contributed by atoms with van der Waals surface area (Å²) in [6.45, 7) is 13.2. The van der Waals surface area contributed by atoms with Crippen molar-refractivity contribution in [3.05, 3.63) is 65.6 Å². The first-order valence-electron chi connectivity index (χ1n) is 10.1. The summed E-state index contributed by atoms with van der Waals surface area (Å²) in [6, 6.07) is 14.1. The monoisotopic (exact) mass is 503 g/mol. The van der Waals surface area contributed by atoms with Gasteiger partial charge in [-0.2, -0.15) is 0 Å². The zero-order valence-electron chi connectivity index (χ0n) is 18.4. The minimum absolute atomic E-state index is 0. The van der Waals surface area contributed by atoms with Gasteiger partial charge in [0.15, 0.2) is 0 Å². The van der Waals surface area contributed by atoms with Gasteiger partial charge in [0.05, 0.1) is 0 Å². The molecule has 0 N–H and O–H groups in total. The van der Waals surface area contributed by atoms with Gasteiger partial charge in [-0.1, -0.05) is 0 Å². The van der Waals surface area contributed by atoms with Crippen LogP contribution in [-0.4, -0.2) is 49.6 Å². The van der Waals surface area contributed by atoms with Crippen LogP contribution in [0.2, 0.25) is 0 Å². The van der Waals surface area contributed by atoms with Crippen LogP contribution in [0.25, 0.3) is 25.0 Å². The summed E-state index contributed by atoms with van der Waals surface area (Å²) in [5.74, 6) is -0.685. The second-order valence-electron chi connectivity index (χ2n) is 7.90. The summed E-state index contributed by atoms with van der Waals surface area (Å²) >= 11 is 0.0560. The number of likely N-dealkylation sites (tertiary alicyclic amines) is 1. The molecule has 1 aliphatic rings. The molecule has 2 heterocycles. The van der Waals surface area contributed by atoms with E-state index < -0.39 is 5.97 Å². The van der Waals surface area contributed by atoms with E-state index in [1.807, 2.05) is 38.2 Å². The molecule has 0 atom stereocenters. The number of ether oxygens (including phenoxy) is 1. The van der Waals surface area contributed by atoms with Crippen molar-refractivity contribution in [1.82, 2.24) is 9.88 Å². The Morgan fingerprint density at radius 1 is 1.25 bits per heavy atom. The molecule has 6 nitrogen and oxygen atoms in total. The maximum absolute atomic E-state index is 10.8. The van der Waals surface area contributed by atoms with Gasteiger partial charge >= 0.3 is 217 Å². The third kappa shape index (κ3) is 5.71. The van der Waals surface area contributed by atoms with Crippen LogP contribution in [0.1, 0.15) is 19.4 Å². The predicted molar refractivity (Wildman–Crippen MR) is 118 cm³/mol. The first kappa shape index (κ1) is 24.7. The predicted octanol–water partition coefficient (Wildman–Crippen LogP) is -0.00371. The number of rotatable bonds is 7. The molecule has 8 heteroatoms. The maximum atomic E-state index is 10.8. The van der Waals surface area contributed by atoms with Gasteiger partial charge in [-0.25, -0.2) is 0 Å². The molecule has 1 fully saturated rings. The molecule has 2 aromatic carbocycles. The molecular formula is C24H22N3NaO3Se. The van der Waals surface area contributed by atoms with E-state index in [0.29, 0.717) is 24.5 Å². The van der Waals surface area contributed by atoms with Crippen LogP contribution in [0.4, 0.5) is 5.69 Å².